The van der Waals surface area contributed by atoms with Crippen molar-refractivity contribution in [1.82, 2.24) is 9.38 Å². The topological polar surface area (TPSA) is 46.4 Å². The summed E-state index contributed by atoms with van der Waals surface area (Å²) in [7, 11) is 0. The van der Waals surface area contributed by atoms with E-state index in [1.165, 1.54) is 5.56 Å². The molecule has 0 saturated carbocycles. The average molecular weight is 335 g/mol. The van der Waals surface area contributed by atoms with E-state index in [0.29, 0.717) is 5.69 Å². The molecule has 4 nitrogen and oxygen atoms in total. The number of aromatic nitrogens is 2. The van der Waals surface area contributed by atoms with Crippen molar-refractivity contribution in [1.29, 1.82) is 0 Å². The van der Waals surface area contributed by atoms with Gasteiger partial charge in [-0.05, 0) is 62.9 Å². The number of anilines is 1. The van der Waals surface area contributed by atoms with Gasteiger partial charge in [-0.15, -0.1) is 0 Å². The zero-order valence-electron chi connectivity index (χ0n) is 15.6. The quantitative estimate of drug-likeness (QED) is 0.746. The zero-order chi connectivity index (χ0) is 18.1. The normalized spacial score (nSPS) is 11.1. The molecule has 1 amide bonds. The van der Waals surface area contributed by atoms with Gasteiger partial charge in [-0.1, -0.05) is 31.0 Å². The first-order chi connectivity index (χ1) is 11.9. The Labute approximate surface area is 148 Å². The Morgan fingerprint density at radius 3 is 2.40 bits per heavy atom. The summed E-state index contributed by atoms with van der Waals surface area (Å²) < 4.78 is 1.90. The van der Waals surface area contributed by atoms with Crippen LogP contribution in [0.3, 0.4) is 0 Å². The van der Waals surface area contributed by atoms with E-state index >= 15 is 0 Å². The van der Waals surface area contributed by atoms with Gasteiger partial charge in [0.15, 0.2) is 0 Å². The maximum atomic E-state index is 13.1. The van der Waals surface area contributed by atoms with E-state index in [1.54, 1.807) is 0 Å². The van der Waals surface area contributed by atoms with Crippen LogP contribution in [0.25, 0.3) is 5.65 Å². The van der Waals surface area contributed by atoms with Crippen molar-refractivity contribution in [3.05, 3.63) is 64.1 Å². The largest absolute Gasteiger partial charge is 0.320 e. The van der Waals surface area contributed by atoms with E-state index in [2.05, 4.69) is 36.3 Å². The van der Waals surface area contributed by atoms with Crippen LogP contribution in [0.1, 0.15) is 51.8 Å². The first-order valence-electron chi connectivity index (χ1n) is 8.77. The van der Waals surface area contributed by atoms with Crippen LogP contribution in [-0.2, 0) is 6.42 Å². The zero-order valence-corrected chi connectivity index (χ0v) is 15.6. The third-order valence-corrected chi connectivity index (χ3v) is 4.47. The molecule has 0 radical (unpaired) electrons. The van der Waals surface area contributed by atoms with Crippen molar-refractivity contribution < 1.29 is 4.79 Å². The van der Waals surface area contributed by atoms with Gasteiger partial charge >= 0.3 is 0 Å². The molecular formula is C21H25N3O. The van der Waals surface area contributed by atoms with Crippen LogP contribution in [0.2, 0.25) is 0 Å². The second-order valence-electron chi connectivity index (χ2n) is 6.82. The van der Waals surface area contributed by atoms with Crippen LogP contribution in [0.5, 0.6) is 0 Å². The molecule has 1 aromatic carbocycles. The van der Waals surface area contributed by atoms with Gasteiger partial charge in [0.25, 0.3) is 5.91 Å². The number of aryl methyl sites for hydroxylation is 5. The number of imidazole rings is 1. The van der Waals surface area contributed by atoms with Crippen molar-refractivity contribution >= 4 is 17.2 Å². The van der Waals surface area contributed by atoms with Gasteiger partial charge in [0.05, 0.1) is 5.69 Å². The molecule has 0 unspecified atom stereocenters. The molecule has 0 aliphatic carbocycles. The van der Waals surface area contributed by atoms with Crippen molar-refractivity contribution in [2.24, 2.45) is 0 Å². The Hall–Kier alpha value is -2.62. The van der Waals surface area contributed by atoms with Gasteiger partial charge in [-0.3, -0.25) is 9.20 Å². The Morgan fingerprint density at radius 1 is 1.08 bits per heavy atom. The summed E-state index contributed by atoms with van der Waals surface area (Å²) in [6.07, 6.45) is 3.67. The van der Waals surface area contributed by atoms with Crippen molar-refractivity contribution in [3.63, 3.8) is 0 Å². The molecule has 0 atom stereocenters. The van der Waals surface area contributed by atoms with Crippen LogP contribution in [-0.4, -0.2) is 15.3 Å². The summed E-state index contributed by atoms with van der Waals surface area (Å²) in [6, 6.07) is 8.20. The number of benzene rings is 1. The van der Waals surface area contributed by atoms with Gasteiger partial charge in [-0.25, -0.2) is 4.98 Å². The van der Waals surface area contributed by atoms with Crippen molar-refractivity contribution in [3.8, 4) is 0 Å². The summed E-state index contributed by atoms with van der Waals surface area (Å²) >= 11 is 0. The van der Waals surface area contributed by atoms with Crippen molar-refractivity contribution in [2.45, 2.75) is 47.5 Å². The number of hydrogen-bond donors (Lipinski definition) is 1. The maximum absolute atomic E-state index is 13.1. The molecular weight excluding hydrogens is 310 g/mol. The number of hydrogen-bond acceptors (Lipinski definition) is 2. The maximum Gasteiger partial charge on any atom is 0.274 e. The molecule has 0 fully saturated rings. The molecule has 2 aromatic heterocycles. The highest BCUT2D eigenvalue weighted by Gasteiger charge is 2.20. The number of nitrogens with one attached hydrogen (secondary N) is 1. The summed E-state index contributed by atoms with van der Waals surface area (Å²) in [5.41, 5.74) is 7.69. The van der Waals surface area contributed by atoms with E-state index < -0.39 is 0 Å². The first-order valence-corrected chi connectivity index (χ1v) is 8.77. The summed E-state index contributed by atoms with van der Waals surface area (Å²) in [5, 5.41) is 3.11. The van der Waals surface area contributed by atoms with E-state index in [-0.39, 0.29) is 5.91 Å². The Bertz CT molecular complexity index is 930. The number of amides is 1. The Morgan fingerprint density at radius 2 is 1.76 bits per heavy atom. The van der Waals surface area contributed by atoms with Crippen LogP contribution >= 0.6 is 0 Å². The molecule has 0 aliphatic rings. The third-order valence-electron chi connectivity index (χ3n) is 4.47. The Balaban J connectivity index is 2.06. The van der Waals surface area contributed by atoms with Crippen LogP contribution < -0.4 is 5.32 Å². The summed E-state index contributed by atoms with van der Waals surface area (Å²) in [6.45, 7) is 10.3. The van der Waals surface area contributed by atoms with E-state index in [9.17, 15) is 4.79 Å². The second-order valence-corrected chi connectivity index (χ2v) is 6.82. The molecule has 4 heteroatoms. The smallest absolute Gasteiger partial charge is 0.274 e. The number of nitrogens with zero attached hydrogens (tertiary/aromatic N) is 2. The molecule has 0 aliphatic heterocycles. The number of rotatable bonds is 4. The molecule has 0 spiro atoms. The van der Waals surface area contributed by atoms with Gasteiger partial charge in [0, 0.05) is 11.9 Å². The average Bonchev–Trinajstić information content (AvgIpc) is 2.88. The van der Waals surface area contributed by atoms with Gasteiger partial charge in [-0.2, -0.15) is 0 Å². The van der Waals surface area contributed by atoms with Crippen LogP contribution in [0.15, 0.2) is 30.5 Å². The molecule has 3 rings (SSSR count). The van der Waals surface area contributed by atoms with Crippen LogP contribution in [0.4, 0.5) is 5.69 Å². The van der Waals surface area contributed by atoms with Gasteiger partial charge < -0.3 is 5.32 Å². The predicted octanol–water partition coefficient (Wildman–Crippen LogP) is 4.77. The summed E-state index contributed by atoms with van der Waals surface area (Å²) in [4.78, 5) is 17.8. The fourth-order valence-corrected chi connectivity index (χ4v) is 3.40. The molecule has 1 N–H and O–H groups in total. The SMILES string of the molecule is CCCc1nc2cc(C)ccn2c1C(=O)Nc1c(C)cc(C)cc1C. The van der Waals surface area contributed by atoms with Gasteiger partial charge in [0.1, 0.15) is 11.3 Å². The highest BCUT2D eigenvalue weighted by Crippen LogP contribution is 2.24. The number of carbonyl (C=O) groups is 1. The lowest BCUT2D eigenvalue weighted by Gasteiger charge is -2.13. The monoisotopic (exact) mass is 335 g/mol. The lowest BCUT2D eigenvalue weighted by molar-refractivity contribution is 0.102. The molecule has 2 heterocycles. The fourth-order valence-electron chi connectivity index (χ4n) is 3.40. The standard InChI is InChI=1S/C21H25N3O/c1-6-7-17-20(24-9-8-13(2)12-18(24)22-17)21(25)23-19-15(4)10-14(3)11-16(19)5/h8-12H,6-7H2,1-5H3,(H,23,25). The molecule has 130 valence electrons. The molecule has 0 saturated heterocycles. The highest BCUT2D eigenvalue weighted by atomic mass is 16.2. The number of carbonyl (C=O) groups excluding carboxylic acids is 1. The predicted molar refractivity (Wildman–Crippen MR) is 103 cm³/mol. The molecule has 0 bridgehead atoms. The van der Waals surface area contributed by atoms with Gasteiger partial charge in [0.2, 0.25) is 0 Å². The molecule has 3 aromatic rings. The minimum absolute atomic E-state index is 0.102. The fraction of sp³-hybridized carbons (Fsp3) is 0.333. The third kappa shape index (κ3) is 3.29. The lowest BCUT2D eigenvalue weighted by atomic mass is 10.0. The lowest BCUT2D eigenvalue weighted by Crippen LogP contribution is -2.18. The number of fused-ring (bicyclic) bond motifs is 1. The molecule has 25 heavy (non-hydrogen) atoms. The minimum atomic E-state index is -0.102. The number of pyridine rings is 1. The minimum Gasteiger partial charge on any atom is -0.320 e. The second kappa shape index (κ2) is 6.71. The van der Waals surface area contributed by atoms with E-state index in [1.807, 2.05) is 43.5 Å². The van der Waals surface area contributed by atoms with E-state index in [4.69, 9.17) is 0 Å². The highest BCUT2D eigenvalue weighted by molar-refractivity contribution is 6.05. The first kappa shape index (κ1) is 17.2. The summed E-state index contributed by atoms with van der Waals surface area (Å²) in [5.74, 6) is -0.102. The Kier molecular flexibility index (Phi) is 4.62. The van der Waals surface area contributed by atoms with Crippen LogP contribution in [0, 0.1) is 27.7 Å². The van der Waals surface area contributed by atoms with E-state index in [0.717, 1.165) is 46.6 Å². The van der Waals surface area contributed by atoms with Crippen molar-refractivity contribution in [2.75, 3.05) is 5.32 Å².